The molecule has 8 nitrogen and oxygen atoms in total. The van der Waals surface area contributed by atoms with Crippen molar-refractivity contribution in [1.29, 1.82) is 0 Å². The van der Waals surface area contributed by atoms with Gasteiger partial charge in [0.25, 0.3) is 0 Å². The Morgan fingerprint density at radius 1 is 1.38 bits per heavy atom. The van der Waals surface area contributed by atoms with Crippen molar-refractivity contribution in [3.8, 4) is 0 Å². The molecular formula is C18H26N6O2. The predicted octanol–water partition coefficient (Wildman–Crippen LogP) is 1.74. The summed E-state index contributed by atoms with van der Waals surface area (Å²) in [6.45, 7) is 6.04. The minimum Gasteiger partial charge on any atom is -0.481 e. The van der Waals surface area contributed by atoms with E-state index < -0.39 is 11.9 Å². The third kappa shape index (κ3) is 4.43. The molecule has 1 aliphatic heterocycles. The minimum absolute atomic E-state index is 0.265. The molecule has 3 atom stereocenters. The Bertz CT molecular complexity index is 695. The molecule has 0 radical (unpaired) electrons. The van der Waals surface area contributed by atoms with Crippen molar-refractivity contribution in [1.82, 2.24) is 30.9 Å². The summed E-state index contributed by atoms with van der Waals surface area (Å²) in [5, 5.41) is 27.3. The summed E-state index contributed by atoms with van der Waals surface area (Å²) >= 11 is 0. The van der Waals surface area contributed by atoms with Crippen molar-refractivity contribution >= 4 is 5.97 Å². The molecule has 0 saturated carbocycles. The number of hydrogen-bond donors (Lipinski definition) is 3. The maximum atomic E-state index is 11.9. The van der Waals surface area contributed by atoms with E-state index >= 15 is 0 Å². The van der Waals surface area contributed by atoms with Crippen molar-refractivity contribution in [2.45, 2.75) is 44.9 Å². The molecule has 3 N–H and O–H groups in total. The highest BCUT2D eigenvalue weighted by Gasteiger charge is 2.33. The number of tetrazole rings is 1. The number of carboxylic acids is 1. The van der Waals surface area contributed by atoms with Crippen molar-refractivity contribution in [2.24, 2.45) is 11.8 Å². The molecule has 3 heterocycles. The van der Waals surface area contributed by atoms with Crippen LogP contribution in [0.3, 0.4) is 0 Å². The summed E-state index contributed by atoms with van der Waals surface area (Å²) in [5.41, 5.74) is 2.08. The Morgan fingerprint density at radius 3 is 2.77 bits per heavy atom. The molecule has 0 spiro atoms. The van der Waals surface area contributed by atoms with Gasteiger partial charge >= 0.3 is 5.97 Å². The highest BCUT2D eigenvalue weighted by atomic mass is 16.4. The van der Waals surface area contributed by atoms with E-state index in [1.807, 2.05) is 26.1 Å². The molecule has 140 valence electrons. The van der Waals surface area contributed by atoms with Crippen LogP contribution in [0.2, 0.25) is 0 Å². The quantitative estimate of drug-likeness (QED) is 0.658. The molecule has 1 aliphatic rings. The fourth-order valence-corrected chi connectivity index (χ4v) is 3.64. The van der Waals surface area contributed by atoms with Gasteiger partial charge < -0.3 is 10.4 Å². The number of carbonyl (C=O) groups is 1. The van der Waals surface area contributed by atoms with E-state index in [4.69, 9.17) is 0 Å². The van der Waals surface area contributed by atoms with Crippen LogP contribution < -0.4 is 5.32 Å². The van der Waals surface area contributed by atoms with E-state index in [1.54, 1.807) is 0 Å². The Balaban J connectivity index is 1.80. The van der Waals surface area contributed by atoms with Gasteiger partial charge in [-0.1, -0.05) is 25.1 Å². The number of carboxylic acid groups (broad SMARTS) is 1. The summed E-state index contributed by atoms with van der Waals surface area (Å²) in [4.78, 5) is 16.5. The number of pyridine rings is 1. The van der Waals surface area contributed by atoms with E-state index in [2.05, 4.69) is 37.0 Å². The van der Waals surface area contributed by atoms with Crippen LogP contribution in [-0.4, -0.2) is 49.8 Å². The van der Waals surface area contributed by atoms with Crippen LogP contribution in [0.25, 0.3) is 0 Å². The first-order valence-corrected chi connectivity index (χ1v) is 9.16. The van der Waals surface area contributed by atoms with Gasteiger partial charge in [-0.2, -0.15) is 5.21 Å². The van der Waals surface area contributed by atoms with Crippen molar-refractivity contribution in [2.75, 3.05) is 13.1 Å². The predicted molar refractivity (Wildman–Crippen MR) is 95.7 cm³/mol. The van der Waals surface area contributed by atoms with Gasteiger partial charge in [-0.05, 0) is 43.4 Å². The van der Waals surface area contributed by atoms with Gasteiger partial charge in [0.2, 0.25) is 0 Å². The Morgan fingerprint density at radius 2 is 2.23 bits per heavy atom. The highest BCUT2D eigenvalue weighted by molar-refractivity contribution is 5.71. The number of nitrogens with zero attached hydrogens (tertiary/aromatic N) is 4. The fourth-order valence-electron chi connectivity index (χ4n) is 3.64. The van der Waals surface area contributed by atoms with Crippen LogP contribution in [0.5, 0.6) is 0 Å². The largest absolute Gasteiger partial charge is 0.481 e. The molecule has 1 fully saturated rings. The number of aliphatic carboxylic acids is 1. The maximum Gasteiger partial charge on any atom is 0.307 e. The second kappa shape index (κ2) is 8.35. The zero-order valence-electron chi connectivity index (χ0n) is 15.2. The Hall–Kier alpha value is -2.35. The molecule has 3 rings (SSSR count). The normalized spacial score (nSPS) is 19.6. The van der Waals surface area contributed by atoms with Gasteiger partial charge in [0.1, 0.15) is 0 Å². The number of hydrogen-bond acceptors (Lipinski definition) is 6. The lowest BCUT2D eigenvalue weighted by molar-refractivity contribution is -0.143. The fraction of sp³-hybridized carbons (Fsp3) is 0.611. The number of aromatic nitrogens is 5. The van der Waals surface area contributed by atoms with Gasteiger partial charge in [0.05, 0.1) is 5.92 Å². The van der Waals surface area contributed by atoms with Crippen molar-refractivity contribution < 1.29 is 9.90 Å². The molecule has 8 heteroatoms. The monoisotopic (exact) mass is 358 g/mol. The lowest BCUT2D eigenvalue weighted by Crippen LogP contribution is -2.26. The van der Waals surface area contributed by atoms with Gasteiger partial charge in [-0.15, -0.1) is 10.2 Å². The van der Waals surface area contributed by atoms with Crippen LogP contribution in [0, 0.1) is 11.8 Å². The zero-order valence-corrected chi connectivity index (χ0v) is 15.2. The summed E-state index contributed by atoms with van der Waals surface area (Å²) < 4.78 is 0. The van der Waals surface area contributed by atoms with Gasteiger partial charge in [-0.25, -0.2) is 0 Å². The minimum atomic E-state index is -0.824. The standard InChI is InChI=1S/C18H26N6O2/c1-11(2)7-15(18(25)26)14(17-21-23-24-22-17)8-12-3-4-16(20-9-12)13-5-6-19-10-13/h3-4,9,11,13-15,19H,5-8,10H2,1-2H3,(H,25,26)(H,21,22,23,24)/t13?,14-,15-/m0/s1. The first kappa shape index (κ1) is 18.4. The van der Waals surface area contributed by atoms with Gasteiger partial charge in [0.15, 0.2) is 5.82 Å². The molecule has 0 aromatic carbocycles. The van der Waals surface area contributed by atoms with E-state index in [9.17, 15) is 9.90 Å². The molecule has 2 aromatic rings. The smallest absolute Gasteiger partial charge is 0.307 e. The topological polar surface area (TPSA) is 117 Å². The first-order valence-electron chi connectivity index (χ1n) is 9.16. The average Bonchev–Trinajstić information content (AvgIpc) is 3.31. The van der Waals surface area contributed by atoms with Crippen LogP contribution in [-0.2, 0) is 11.2 Å². The van der Waals surface area contributed by atoms with Gasteiger partial charge in [-0.3, -0.25) is 9.78 Å². The summed E-state index contributed by atoms with van der Waals surface area (Å²) in [6, 6.07) is 4.10. The number of rotatable bonds is 8. The van der Waals surface area contributed by atoms with Crippen LogP contribution in [0.4, 0.5) is 0 Å². The highest BCUT2D eigenvalue weighted by Crippen LogP contribution is 2.31. The lowest BCUT2D eigenvalue weighted by atomic mass is 9.81. The second-order valence-electron chi connectivity index (χ2n) is 7.44. The van der Waals surface area contributed by atoms with Crippen LogP contribution >= 0.6 is 0 Å². The molecule has 0 aliphatic carbocycles. The third-order valence-corrected chi connectivity index (χ3v) is 5.00. The molecule has 1 saturated heterocycles. The molecule has 0 amide bonds. The molecular weight excluding hydrogens is 332 g/mol. The summed E-state index contributed by atoms with van der Waals surface area (Å²) in [6.07, 6.45) is 4.05. The van der Waals surface area contributed by atoms with E-state index in [-0.39, 0.29) is 11.8 Å². The van der Waals surface area contributed by atoms with Gasteiger partial charge in [0, 0.05) is 30.3 Å². The SMILES string of the molecule is CC(C)C[C@H](C(=O)O)[C@H](Cc1ccc(C2CCNC2)nc1)c1nn[nH]n1. The molecule has 26 heavy (non-hydrogen) atoms. The lowest BCUT2D eigenvalue weighted by Gasteiger charge is -2.23. The van der Waals surface area contributed by atoms with Crippen LogP contribution in [0.15, 0.2) is 18.3 Å². The summed E-state index contributed by atoms with van der Waals surface area (Å²) in [5.74, 6) is -0.552. The van der Waals surface area contributed by atoms with E-state index in [0.29, 0.717) is 24.6 Å². The number of nitrogens with one attached hydrogen (secondary N) is 2. The first-order chi connectivity index (χ1) is 12.5. The maximum absolute atomic E-state index is 11.9. The summed E-state index contributed by atoms with van der Waals surface area (Å²) in [7, 11) is 0. The van der Waals surface area contributed by atoms with E-state index in [0.717, 1.165) is 30.8 Å². The van der Waals surface area contributed by atoms with Crippen LogP contribution in [0.1, 0.15) is 55.6 Å². The van der Waals surface area contributed by atoms with Crippen molar-refractivity contribution in [3.05, 3.63) is 35.4 Å². The molecule has 0 bridgehead atoms. The number of aromatic amines is 1. The third-order valence-electron chi connectivity index (χ3n) is 5.00. The van der Waals surface area contributed by atoms with E-state index in [1.165, 1.54) is 0 Å². The Labute approximate surface area is 152 Å². The zero-order chi connectivity index (χ0) is 18.5. The average molecular weight is 358 g/mol. The Kier molecular flexibility index (Phi) is 5.92. The number of H-pyrrole nitrogens is 1. The second-order valence-corrected chi connectivity index (χ2v) is 7.44. The molecule has 1 unspecified atom stereocenters. The molecule has 2 aromatic heterocycles. The van der Waals surface area contributed by atoms with Crippen molar-refractivity contribution in [3.63, 3.8) is 0 Å².